The monoisotopic (exact) mass is 365 g/mol. The molecule has 0 aliphatic carbocycles. The summed E-state index contributed by atoms with van der Waals surface area (Å²) in [6.45, 7) is 3.67. The van der Waals surface area contributed by atoms with Gasteiger partial charge in [-0.05, 0) is 31.5 Å². The molecule has 3 rings (SSSR count). The van der Waals surface area contributed by atoms with E-state index >= 15 is 0 Å². The molecule has 1 unspecified atom stereocenters. The lowest BCUT2D eigenvalue weighted by atomic mass is 10.1. The van der Waals surface area contributed by atoms with Crippen LogP contribution in [0.3, 0.4) is 0 Å². The van der Waals surface area contributed by atoms with Gasteiger partial charge in [0, 0.05) is 12.4 Å². The summed E-state index contributed by atoms with van der Waals surface area (Å²) in [5.74, 6) is 0.625. The van der Waals surface area contributed by atoms with E-state index in [1.807, 2.05) is 26.0 Å². The van der Waals surface area contributed by atoms with Crippen molar-refractivity contribution in [3.63, 3.8) is 0 Å². The van der Waals surface area contributed by atoms with Gasteiger partial charge in [-0.25, -0.2) is 0 Å². The second-order valence-corrected chi connectivity index (χ2v) is 6.16. The summed E-state index contributed by atoms with van der Waals surface area (Å²) in [7, 11) is 0. The molecule has 1 N–H and O–H groups in total. The van der Waals surface area contributed by atoms with Crippen LogP contribution in [0.1, 0.15) is 16.8 Å². The Bertz CT molecular complexity index is 922. The first-order chi connectivity index (χ1) is 12.3. The van der Waals surface area contributed by atoms with E-state index in [9.17, 15) is 18.3 Å². The van der Waals surface area contributed by atoms with Crippen LogP contribution >= 0.6 is 0 Å². The predicted molar refractivity (Wildman–Crippen MR) is 89.9 cm³/mol. The van der Waals surface area contributed by atoms with Crippen molar-refractivity contribution >= 4 is 10.9 Å². The number of fused-ring (bicyclic) bond motifs is 1. The molecule has 1 atom stereocenters. The van der Waals surface area contributed by atoms with Gasteiger partial charge in [0.1, 0.15) is 18.5 Å². The van der Waals surface area contributed by atoms with Gasteiger partial charge in [0.25, 0.3) is 0 Å². The standard InChI is InChI=1S/C18H18F3N3O2/c1-11-3-4-16(12(2)7-11)26-10-13(25)9-24-15-5-6-22-8-14(15)17(23-24)18(19,20)21/h3-8,13,25H,9-10H2,1-2H3. The highest BCUT2D eigenvalue weighted by Gasteiger charge is 2.37. The van der Waals surface area contributed by atoms with Gasteiger partial charge in [-0.3, -0.25) is 9.67 Å². The van der Waals surface area contributed by atoms with Crippen LogP contribution in [0.2, 0.25) is 0 Å². The van der Waals surface area contributed by atoms with E-state index in [-0.39, 0.29) is 24.1 Å². The summed E-state index contributed by atoms with van der Waals surface area (Å²) in [4.78, 5) is 3.73. The largest absolute Gasteiger partial charge is 0.491 e. The summed E-state index contributed by atoms with van der Waals surface area (Å²) < 4.78 is 46.1. The number of benzene rings is 1. The molecule has 5 nitrogen and oxygen atoms in total. The van der Waals surface area contributed by atoms with Gasteiger partial charge in [-0.15, -0.1) is 0 Å². The van der Waals surface area contributed by atoms with Gasteiger partial charge in [0.2, 0.25) is 0 Å². The molecule has 138 valence electrons. The third kappa shape index (κ3) is 3.80. The number of hydrogen-bond acceptors (Lipinski definition) is 4. The molecule has 0 bridgehead atoms. The lowest BCUT2D eigenvalue weighted by molar-refractivity contribution is -0.140. The maximum absolute atomic E-state index is 13.1. The van der Waals surface area contributed by atoms with Gasteiger partial charge in [0.05, 0.1) is 17.4 Å². The molecule has 2 aromatic heterocycles. The van der Waals surface area contributed by atoms with Crippen molar-refractivity contribution in [2.24, 2.45) is 0 Å². The molecule has 0 fully saturated rings. The van der Waals surface area contributed by atoms with E-state index in [4.69, 9.17) is 4.74 Å². The van der Waals surface area contributed by atoms with E-state index in [0.29, 0.717) is 5.75 Å². The zero-order valence-electron chi connectivity index (χ0n) is 14.3. The number of nitrogens with zero attached hydrogens (tertiary/aromatic N) is 3. The number of aromatic nitrogens is 3. The number of aliphatic hydroxyl groups is 1. The van der Waals surface area contributed by atoms with E-state index in [1.54, 1.807) is 6.07 Å². The molecule has 0 saturated carbocycles. The third-order valence-electron chi connectivity index (χ3n) is 3.97. The number of aliphatic hydroxyl groups excluding tert-OH is 1. The molecule has 3 aromatic rings. The minimum atomic E-state index is -4.59. The average Bonchev–Trinajstić information content (AvgIpc) is 2.93. The van der Waals surface area contributed by atoms with Crippen molar-refractivity contribution in [1.82, 2.24) is 14.8 Å². The number of hydrogen-bond donors (Lipinski definition) is 1. The van der Waals surface area contributed by atoms with Crippen molar-refractivity contribution in [2.45, 2.75) is 32.7 Å². The number of ether oxygens (including phenoxy) is 1. The molecule has 0 radical (unpaired) electrons. The van der Waals surface area contributed by atoms with Gasteiger partial charge >= 0.3 is 6.18 Å². The highest BCUT2D eigenvalue weighted by molar-refractivity contribution is 5.81. The summed E-state index contributed by atoms with van der Waals surface area (Å²) in [5, 5.41) is 13.7. The molecule has 0 spiro atoms. The summed E-state index contributed by atoms with van der Waals surface area (Å²) >= 11 is 0. The number of aryl methyl sites for hydroxylation is 2. The fourth-order valence-corrected chi connectivity index (χ4v) is 2.77. The second-order valence-electron chi connectivity index (χ2n) is 6.16. The van der Waals surface area contributed by atoms with Crippen molar-refractivity contribution < 1.29 is 23.0 Å². The fraction of sp³-hybridized carbons (Fsp3) is 0.333. The lowest BCUT2D eigenvalue weighted by Crippen LogP contribution is -2.24. The molecule has 0 amide bonds. The minimum Gasteiger partial charge on any atom is -0.491 e. The Hall–Kier alpha value is -2.61. The first kappa shape index (κ1) is 18.2. The third-order valence-corrected chi connectivity index (χ3v) is 3.97. The Kier molecular flexibility index (Phi) is 4.86. The normalized spacial score (nSPS) is 13.2. The van der Waals surface area contributed by atoms with E-state index < -0.39 is 18.0 Å². The van der Waals surface area contributed by atoms with E-state index in [1.165, 1.54) is 12.3 Å². The van der Waals surface area contributed by atoms with Gasteiger partial charge in [-0.2, -0.15) is 18.3 Å². The number of rotatable bonds is 5. The Morgan fingerprint density at radius 2 is 2.00 bits per heavy atom. The molecular weight excluding hydrogens is 347 g/mol. The van der Waals surface area contributed by atoms with Crippen LogP contribution in [-0.4, -0.2) is 32.6 Å². The first-order valence-electron chi connectivity index (χ1n) is 8.01. The molecule has 0 aliphatic heterocycles. The molecular formula is C18H18F3N3O2. The Labute approximate surface area is 148 Å². The fourth-order valence-electron chi connectivity index (χ4n) is 2.77. The van der Waals surface area contributed by atoms with E-state index in [0.717, 1.165) is 22.0 Å². The van der Waals surface area contributed by atoms with Crippen LogP contribution in [0.25, 0.3) is 10.9 Å². The van der Waals surface area contributed by atoms with E-state index in [2.05, 4.69) is 10.1 Å². The molecule has 2 heterocycles. The van der Waals surface area contributed by atoms with Gasteiger partial charge in [-0.1, -0.05) is 17.7 Å². The predicted octanol–water partition coefficient (Wildman–Crippen LogP) is 3.51. The van der Waals surface area contributed by atoms with Crippen LogP contribution in [0.5, 0.6) is 5.75 Å². The van der Waals surface area contributed by atoms with Gasteiger partial charge < -0.3 is 9.84 Å². The van der Waals surface area contributed by atoms with Crippen LogP contribution in [0, 0.1) is 13.8 Å². The first-order valence-corrected chi connectivity index (χ1v) is 8.01. The van der Waals surface area contributed by atoms with Gasteiger partial charge in [0.15, 0.2) is 5.69 Å². The maximum Gasteiger partial charge on any atom is 0.435 e. The number of alkyl halides is 3. The molecule has 1 aromatic carbocycles. The molecule has 0 saturated heterocycles. The highest BCUT2D eigenvalue weighted by atomic mass is 19.4. The number of pyridine rings is 1. The molecule has 8 heteroatoms. The quantitative estimate of drug-likeness (QED) is 0.752. The smallest absolute Gasteiger partial charge is 0.435 e. The topological polar surface area (TPSA) is 60.2 Å². The minimum absolute atomic E-state index is 0.0578. The summed E-state index contributed by atoms with van der Waals surface area (Å²) in [6.07, 6.45) is -3.10. The SMILES string of the molecule is Cc1ccc(OCC(O)Cn2nc(C(F)(F)F)c3cnccc32)c(C)c1. The summed E-state index contributed by atoms with van der Waals surface area (Å²) in [5.41, 5.74) is 1.26. The Morgan fingerprint density at radius 3 is 2.69 bits per heavy atom. The van der Waals surface area contributed by atoms with Crippen LogP contribution in [-0.2, 0) is 12.7 Å². The zero-order valence-corrected chi connectivity index (χ0v) is 14.3. The van der Waals surface area contributed by atoms with Crippen molar-refractivity contribution in [1.29, 1.82) is 0 Å². The summed E-state index contributed by atoms with van der Waals surface area (Å²) in [6, 6.07) is 7.08. The maximum atomic E-state index is 13.1. The van der Waals surface area contributed by atoms with Crippen LogP contribution in [0.4, 0.5) is 13.2 Å². The second kappa shape index (κ2) is 6.95. The number of halogens is 3. The van der Waals surface area contributed by atoms with Crippen LogP contribution in [0.15, 0.2) is 36.7 Å². The average molecular weight is 365 g/mol. The molecule has 0 aliphatic rings. The van der Waals surface area contributed by atoms with Crippen molar-refractivity contribution in [3.8, 4) is 5.75 Å². The van der Waals surface area contributed by atoms with Crippen LogP contribution < -0.4 is 4.74 Å². The zero-order chi connectivity index (χ0) is 18.9. The van der Waals surface area contributed by atoms with Crippen molar-refractivity contribution in [2.75, 3.05) is 6.61 Å². The Morgan fingerprint density at radius 1 is 1.23 bits per heavy atom. The Balaban J connectivity index is 1.76. The lowest BCUT2D eigenvalue weighted by Gasteiger charge is -2.15. The highest BCUT2D eigenvalue weighted by Crippen LogP contribution is 2.33. The van der Waals surface area contributed by atoms with Crippen molar-refractivity contribution in [3.05, 3.63) is 53.5 Å². The molecule has 26 heavy (non-hydrogen) atoms.